The number of carbonyl (C=O) groups excluding carboxylic acids is 1. The molecule has 1 fully saturated rings. The minimum Gasteiger partial charge on any atom is -0.496 e. The SMILES string of the molecule is COc1ccc(Oc2c(Cl)cc(NC(=O)CN3CC[C@@H](NS(C)(=O)=O)C3)cc2Cl)cc1C(C)C. The van der Waals surface area contributed by atoms with Crippen molar-refractivity contribution >= 4 is 44.8 Å². The first kappa shape index (κ1) is 26.6. The molecule has 1 aliphatic rings. The molecule has 1 heterocycles. The molecule has 3 rings (SSSR count). The molecule has 1 aliphatic heterocycles. The average molecular weight is 530 g/mol. The van der Waals surface area contributed by atoms with Gasteiger partial charge in [-0.25, -0.2) is 13.1 Å². The third-order valence-electron chi connectivity index (χ3n) is 5.35. The van der Waals surface area contributed by atoms with Crippen molar-refractivity contribution < 1.29 is 22.7 Å². The van der Waals surface area contributed by atoms with Gasteiger partial charge >= 0.3 is 0 Å². The van der Waals surface area contributed by atoms with Crippen LogP contribution in [0.5, 0.6) is 17.2 Å². The summed E-state index contributed by atoms with van der Waals surface area (Å²) in [5, 5.41) is 3.29. The first-order valence-electron chi connectivity index (χ1n) is 10.8. The Morgan fingerprint density at radius 3 is 2.47 bits per heavy atom. The lowest BCUT2D eigenvalue weighted by atomic mass is 10.0. The minimum atomic E-state index is -3.28. The van der Waals surface area contributed by atoms with Crippen LogP contribution in [0.25, 0.3) is 0 Å². The Labute approximate surface area is 210 Å². The van der Waals surface area contributed by atoms with Crippen LogP contribution in [0.1, 0.15) is 31.7 Å². The average Bonchev–Trinajstić information content (AvgIpc) is 3.15. The van der Waals surface area contributed by atoms with E-state index in [1.54, 1.807) is 25.3 Å². The molecule has 8 nitrogen and oxygen atoms in total. The largest absolute Gasteiger partial charge is 0.496 e. The zero-order valence-corrected chi connectivity index (χ0v) is 21.9. The van der Waals surface area contributed by atoms with Crippen molar-refractivity contribution in [2.24, 2.45) is 0 Å². The number of methoxy groups -OCH3 is 1. The van der Waals surface area contributed by atoms with Crippen molar-refractivity contribution in [1.29, 1.82) is 0 Å². The molecule has 0 spiro atoms. The summed E-state index contributed by atoms with van der Waals surface area (Å²) >= 11 is 12.8. The van der Waals surface area contributed by atoms with Crippen molar-refractivity contribution in [3.05, 3.63) is 45.9 Å². The lowest BCUT2D eigenvalue weighted by molar-refractivity contribution is -0.117. The fraction of sp³-hybridized carbons (Fsp3) is 0.435. The van der Waals surface area contributed by atoms with E-state index in [0.717, 1.165) is 17.6 Å². The number of halogens is 2. The monoisotopic (exact) mass is 529 g/mol. The van der Waals surface area contributed by atoms with E-state index in [2.05, 4.69) is 23.9 Å². The highest BCUT2D eigenvalue weighted by atomic mass is 35.5. The van der Waals surface area contributed by atoms with Crippen LogP contribution in [0.4, 0.5) is 5.69 Å². The summed E-state index contributed by atoms with van der Waals surface area (Å²) in [4.78, 5) is 14.4. The number of ether oxygens (including phenoxy) is 2. The third kappa shape index (κ3) is 7.23. The third-order valence-corrected chi connectivity index (χ3v) is 6.67. The maximum Gasteiger partial charge on any atom is 0.238 e. The normalized spacial score (nSPS) is 16.6. The maximum atomic E-state index is 12.5. The van der Waals surface area contributed by atoms with Crippen LogP contribution in [0.3, 0.4) is 0 Å². The van der Waals surface area contributed by atoms with Crippen LogP contribution in [-0.4, -0.2) is 58.3 Å². The first-order valence-corrected chi connectivity index (χ1v) is 13.4. The fourth-order valence-electron chi connectivity index (χ4n) is 3.85. The van der Waals surface area contributed by atoms with Gasteiger partial charge in [0.1, 0.15) is 11.5 Å². The smallest absolute Gasteiger partial charge is 0.238 e. The summed E-state index contributed by atoms with van der Waals surface area (Å²) < 4.78 is 36.7. The van der Waals surface area contributed by atoms with E-state index in [1.807, 2.05) is 17.0 Å². The van der Waals surface area contributed by atoms with E-state index in [4.69, 9.17) is 32.7 Å². The quantitative estimate of drug-likeness (QED) is 0.497. The number of benzene rings is 2. The molecule has 186 valence electrons. The summed E-state index contributed by atoms with van der Waals surface area (Å²) in [6.45, 7) is 5.33. The van der Waals surface area contributed by atoms with E-state index in [-0.39, 0.29) is 40.2 Å². The summed E-state index contributed by atoms with van der Waals surface area (Å²) in [5.41, 5.74) is 1.43. The Hall–Kier alpha value is -2.04. The zero-order valence-electron chi connectivity index (χ0n) is 19.5. The van der Waals surface area contributed by atoms with Crippen molar-refractivity contribution in [2.45, 2.75) is 32.2 Å². The van der Waals surface area contributed by atoms with Gasteiger partial charge in [-0.15, -0.1) is 0 Å². The molecule has 34 heavy (non-hydrogen) atoms. The van der Waals surface area contributed by atoms with Crippen LogP contribution in [0.2, 0.25) is 10.0 Å². The molecule has 0 saturated carbocycles. The molecule has 0 aromatic heterocycles. The molecule has 0 unspecified atom stereocenters. The van der Waals surface area contributed by atoms with Gasteiger partial charge < -0.3 is 14.8 Å². The second kappa shape index (κ2) is 11.1. The zero-order chi connectivity index (χ0) is 25.0. The predicted octanol–water partition coefficient (Wildman–Crippen LogP) is 4.48. The highest BCUT2D eigenvalue weighted by Gasteiger charge is 2.26. The molecular formula is C23H29Cl2N3O5S. The van der Waals surface area contributed by atoms with E-state index < -0.39 is 10.0 Å². The Balaban J connectivity index is 1.64. The van der Waals surface area contributed by atoms with Crippen molar-refractivity contribution in [1.82, 2.24) is 9.62 Å². The van der Waals surface area contributed by atoms with Gasteiger partial charge in [0.05, 0.1) is 30.0 Å². The number of likely N-dealkylation sites (tertiary alicyclic amines) is 1. The second-order valence-corrected chi connectivity index (χ2v) is 11.2. The van der Waals surface area contributed by atoms with Crippen LogP contribution in [0.15, 0.2) is 30.3 Å². The standard InChI is InChI=1S/C23H29Cl2N3O5S/c1-14(2)18-11-17(5-6-21(18)32-3)33-23-19(24)9-16(10-20(23)25)26-22(29)13-28-8-7-15(12-28)27-34(4,30)31/h5-6,9-11,14-15,27H,7-8,12-13H2,1-4H3,(H,26,29)/t15-/m1/s1. The molecular weight excluding hydrogens is 501 g/mol. The van der Waals surface area contributed by atoms with Gasteiger partial charge in [0.15, 0.2) is 5.75 Å². The Kier molecular flexibility index (Phi) is 8.70. The molecule has 1 saturated heterocycles. The van der Waals surface area contributed by atoms with Gasteiger partial charge in [-0.05, 0) is 42.7 Å². The first-order chi connectivity index (χ1) is 15.9. The number of hydrogen-bond acceptors (Lipinski definition) is 6. The number of rotatable bonds is 9. The van der Waals surface area contributed by atoms with Crippen LogP contribution < -0.4 is 19.5 Å². The van der Waals surface area contributed by atoms with Crippen LogP contribution >= 0.6 is 23.2 Å². The number of amides is 1. The topological polar surface area (TPSA) is 97.0 Å². The lowest BCUT2D eigenvalue weighted by Gasteiger charge is -2.17. The molecule has 2 aromatic rings. The number of sulfonamides is 1. The molecule has 1 amide bonds. The highest BCUT2D eigenvalue weighted by molar-refractivity contribution is 7.88. The van der Waals surface area contributed by atoms with E-state index in [1.165, 1.54) is 0 Å². The fourth-order valence-corrected chi connectivity index (χ4v) is 5.22. The number of nitrogens with one attached hydrogen (secondary N) is 2. The van der Waals surface area contributed by atoms with Gasteiger partial charge in [0.25, 0.3) is 0 Å². The summed E-state index contributed by atoms with van der Waals surface area (Å²) in [6.07, 6.45) is 1.77. The summed E-state index contributed by atoms with van der Waals surface area (Å²) in [6, 6.07) is 8.44. The van der Waals surface area contributed by atoms with E-state index >= 15 is 0 Å². The van der Waals surface area contributed by atoms with Gasteiger partial charge in [-0.3, -0.25) is 9.69 Å². The molecule has 0 radical (unpaired) electrons. The van der Waals surface area contributed by atoms with Crippen molar-refractivity contribution in [2.75, 3.05) is 38.3 Å². The lowest BCUT2D eigenvalue weighted by Crippen LogP contribution is -2.38. The Morgan fingerprint density at radius 2 is 1.88 bits per heavy atom. The van der Waals surface area contributed by atoms with E-state index in [0.29, 0.717) is 30.9 Å². The van der Waals surface area contributed by atoms with E-state index in [9.17, 15) is 13.2 Å². The van der Waals surface area contributed by atoms with Gasteiger partial charge in [-0.2, -0.15) is 0 Å². The molecule has 0 bridgehead atoms. The molecule has 1 atom stereocenters. The maximum absolute atomic E-state index is 12.5. The number of anilines is 1. The van der Waals surface area contributed by atoms with Crippen molar-refractivity contribution in [3.63, 3.8) is 0 Å². The molecule has 11 heteroatoms. The van der Waals surface area contributed by atoms with Crippen LogP contribution in [-0.2, 0) is 14.8 Å². The predicted molar refractivity (Wildman–Crippen MR) is 135 cm³/mol. The van der Waals surface area contributed by atoms with Crippen molar-refractivity contribution in [3.8, 4) is 17.2 Å². The highest BCUT2D eigenvalue weighted by Crippen LogP contribution is 2.40. The van der Waals surface area contributed by atoms with Gasteiger partial charge in [-0.1, -0.05) is 37.0 Å². The Morgan fingerprint density at radius 1 is 1.21 bits per heavy atom. The number of hydrogen-bond donors (Lipinski definition) is 2. The molecule has 0 aliphatic carbocycles. The van der Waals surface area contributed by atoms with Crippen LogP contribution in [0, 0.1) is 0 Å². The summed E-state index contributed by atoms with van der Waals surface area (Å²) in [5.74, 6) is 1.61. The second-order valence-electron chi connectivity index (χ2n) is 8.59. The number of nitrogens with zero attached hydrogens (tertiary/aromatic N) is 1. The minimum absolute atomic E-state index is 0.124. The summed E-state index contributed by atoms with van der Waals surface area (Å²) in [7, 11) is -1.66. The molecule has 2 N–H and O–H groups in total. The number of carbonyl (C=O) groups is 1. The molecule has 2 aromatic carbocycles. The van der Waals surface area contributed by atoms with Gasteiger partial charge in [0, 0.05) is 30.4 Å². The Bertz CT molecular complexity index is 1130. The van der Waals surface area contributed by atoms with Gasteiger partial charge in [0.2, 0.25) is 15.9 Å².